The first-order chi connectivity index (χ1) is 11.6. The maximum atomic E-state index is 12.9. The minimum atomic E-state index is -0.642. The second-order valence-corrected chi connectivity index (χ2v) is 5.96. The lowest BCUT2D eigenvalue weighted by atomic mass is 10.2. The van der Waals surface area contributed by atoms with Crippen LogP contribution in [0.4, 0.5) is 0 Å². The summed E-state index contributed by atoms with van der Waals surface area (Å²) in [6, 6.07) is 6.47. The molecule has 2 aromatic heterocycles. The fourth-order valence-electron chi connectivity index (χ4n) is 3.22. The van der Waals surface area contributed by atoms with Gasteiger partial charge in [-0.15, -0.1) is 10.2 Å². The number of hydrogen-bond acceptors (Lipinski definition) is 5. The molecule has 0 saturated carbocycles. The molecule has 8 nitrogen and oxygen atoms in total. The van der Waals surface area contributed by atoms with E-state index in [9.17, 15) is 9.59 Å². The molecule has 1 atom stereocenters. The van der Waals surface area contributed by atoms with Gasteiger partial charge in [0.1, 0.15) is 11.9 Å². The summed E-state index contributed by atoms with van der Waals surface area (Å²) < 4.78 is 8.64. The second kappa shape index (κ2) is 5.33. The lowest BCUT2D eigenvalue weighted by Crippen LogP contribution is -2.43. The zero-order chi connectivity index (χ0) is 16.8. The van der Waals surface area contributed by atoms with Gasteiger partial charge in [-0.05, 0) is 26.0 Å². The Morgan fingerprint density at radius 1 is 1.25 bits per heavy atom. The van der Waals surface area contributed by atoms with Crippen LogP contribution in [0.15, 0.2) is 33.5 Å². The van der Waals surface area contributed by atoms with Crippen LogP contribution >= 0.6 is 0 Å². The number of oxazole rings is 1. The third kappa shape index (κ3) is 2.14. The van der Waals surface area contributed by atoms with E-state index in [0.29, 0.717) is 30.7 Å². The normalized spacial score (nSPS) is 15.5. The Bertz CT molecular complexity index is 983. The van der Waals surface area contributed by atoms with E-state index in [4.69, 9.17) is 4.42 Å². The summed E-state index contributed by atoms with van der Waals surface area (Å²) in [6.07, 6.45) is 0. The third-order valence-electron chi connectivity index (χ3n) is 4.51. The minimum Gasteiger partial charge on any atom is -0.408 e. The standard InChI is InChI=1S/C16H17N5O3/c1-10(21-12-5-3-4-6-13(12)24-16(21)23)15(22)19-7-8-20-11(2)17-18-14(20)9-19/h3-6,10H,7-9H2,1-2H3/t10-/m1/s1. The molecular weight excluding hydrogens is 310 g/mol. The molecule has 3 heterocycles. The summed E-state index contributed by atoms with van der Waals surface area (Å²) in [5, 5.41) is 8.16. The van der Waals surface area contributed by atoms with E-state index < -0.39 is 11.8 Å². The summed E-state index contributed by atoms with van der Waals surface area (Å²) in [5.74, 6) is 0.967. The highest BCUT2D eigenvalue weighted by Gasteiger charge is 2.29. The first-order valence-electron chi connectivity index (χ1n) is 7.84. The molecule has 0 fully saturated rings. The number of carbonyl (C=O) groups excluding carboxylic acids is 1. The molecule has 0 spiro atoms. The lowest BCUT2D eigenvalue weighted by Gasteiger charge is -2.29. The van der Waals surface area contributed by atoms with Crippen molar-refractivity contribution in [3.05, 3.63) is 46.5 Å². The average Bonchev–Trinajstić information content (AvgIpc) is 3.12. The van der Waals surface area contributed by atoms with Crippen molar-refractivity contribution in [2.75, 3.05) is 6.54 Å². The Labute approximate surface area is 137 Å². The van der Waals surface area contributed by atoms with Gasteiger partial charge in [0.15, 0.2) is 11.4 Å². The number of nitrogens with zero attached hydrogens (tertiary/aromatic N) is 5. The second-order valence-electron chi connectivity index (χ2n) is 5.96. The van der Waals surface area contributed by atoms with Crippen molar-refractivity contribution in [1.82, 2.24) is 24.2 Å². The minimum absolute atomic E-state index is 0.129. The summed E-state index contributed by atoms with van der Waals surface area (Å²) >= 11 is 0. The van der Waals surface area contributed by atoms with E-state index in [0.717, 1.165) is 11.6 Å². The predicted octanol–water partition coefficient (Wildman–Crippen LogP) is 1.10. The molecule has 24 heavy (non-hydrogen) atoms. The van der Waals surface area contributed by atoms with Crippen LogP contribution in [0, 0.1) is 6.92 Å². The fraction of sp³-hybridized carbons (Fsp3) is 0.375. The van der Waals surface area contributed by atoms with Crippen molar-refractivity contribution in [2.45, 2.75) is 33.0 Å². The van der Waals surface area contributed by atoms with Crippen LogP contribution in [0.5, 0.6) is 0 Å². The highest BCUT2D eigenvalue weighted by atomic mass is 16.4. The number of rotatable bonds is 2. The van der Waals surface area contributed by atoms with Gasteiger partial charge in [0.25, 0.3) is 0 Å². The third-order valence-corrected chi connectivity index (χ3v) is 4.51. The van der Waals surface area contributed by atoms with Crippen molar-refractivity contribution in [3.8, 4) is 0 Å². The smallest absolute Gasteiger partial charge is 0.408 e. The quantitative estimate of drug-likeness (QED) is 0.703. The maximum Gasteiger partial charge on any atom is 0.420 e. The summed E-state index contributed by atoms with van der Waals surface area (Å²) in [7, 11) is 0. The average molecular weight is 327 g/mol. The molecule has 0 aliphatic carbocycles. The molecule has 0 unspecified atom stereocenters. The molecule has 1 aliphatic heterocycles. The Balaban J connectivity index is 1.65. The van der Waals surface area contributed by atoms with Crippen molar-refractivity contribution >= 4 is 17.0 Å². The van der Waals surface area contributed by atoms with E-state index in [-0.39, 0.29) is 5.91 Å². The lowest BCUT2D eigenvalue weighted by molar-refractivity contribution is -0.135. The SMILES string of the molecule is Cc1nnc2n1CCN(C(=O)[C@@H](C)n1c(=O)oc3ccccc31)C2. The van der Waals surface area contributed by atoms with Crippen LogP contribution in [-0.4, -0.2) is 36.7 Å². The molecule has 8 heteroatoms. The molecule has 0 bridgehead atoms. The van der Waals surface area contributed by atoms with Crippen molar-refractivity contribution in [3.63, 3.8) is 0 Å². The number of para-hydroxylation sites is 2. The highest BCUT2D eigenvalue weighted by molar-refractivity contribution is 5.83. The van der Waals surface area contributed by atoms with Crippen LogP contribution < -0.4 is 5.76 Å². The van der Waals surface area contributed by atoms with Gasteiger partial charge in [0.2, 0.25) is 5.91 Å². The summed E-state index contributed by atoms with van der Waals surface area (Å²) in [4.78, 5) is 26.8. The van der Waals surface area contributed by atoms with E-state index in [1.165, 1.54) is 4.57 Å². The number of hydrogen-bond donors (Lipinski definition) is 0. The van der Waals surface area contributed by atoms with Crippen molar-refractivity contribution in [2.24, 2.45) is 0 Å². The van der Waals surface area contributed by atoms with Gasteiger partial charge >= 0.3 is 5.76 Å². The summed E-state index contributed by atoms with van der Waals surface area (Å²) in [5.41, 5.74) is 1.11. The fourth-order valence-corrected chi connectivity index (χ4v) is 3.22. The number of aromatic nitrogens is 4. The van der Waals surface area contributed by atoms with Gasteiger partial charge in [-0.2, -0.15) is 0 Å². The largest absolute Gasteiger partial charge is 0.420 e. The maximum absolute atomic E-state index is 12.9. The Morgan fingerprint density at radius 2 is 2.04 bits per heavy atom. The molecule has 0 saturated heterocycles. The molecule has 1 aliphatic rings. The van der Waals surface area contributed by atoms with Crippen molar-refractivity contribution < 1.29 is 9.21 Å². The topological polar surface area (TPSA) is 86.2 Å². The van der Waals surface area contributed by atoms with Crippen molar-refractivity contribution in [1.29, 1.82) is 0 Å². The van der Waals surface area contributed by atoms with Gasteiger partial charge in [-0.1, -0.05) is 12.1 Å². The molecule has 1 amide bonds. The number of fused-ring (bicyclic) bond motifs is 2. The number of benzene rings is 1. The van der Waals surface area contributed by atoms with Crippen LogP contribution in [0.2, 0.25) is 0 Å². The molecule has 0 N–H and O–H groups in total. The Morgan fingerprint density at radius 3 is 2.88 bits per heavy atom. The zero-order valence-electron chi connectivity index (χ0n) is 13.5. The predicted molar refractivity (Wildman–Crippen MR) is 85.4 cm³/mol. The molecule has 124 valence electrons. The van der Waals surface area contributed by atoms with Gasteiger partial charge in [0.05, 0.1) is 12.1 Å². The first kappa shape index (κ1) is 14.7. The molecule has 1 aromatic carbocycles. The summed E-state index contributed by atoms with van der Waals surface area (Å²) in [6.45, 7) is 5.24. The number of carbonyl (C=O) groups is 1. The zero-order valence-corrected chi connectivity index (χ0v) is 13.5. The van der Waals surface area contributed by atoms with Gasteiger partial charge in [-0.3, -0.25) is 9.36 Å². The molecular formula is C16H17N5O3. The van der Waals surface area contributed by atoms with Crippen LogP contribution in [0.1, 0.15) is 24.6 Å². The van der Waals surface area contributed by atoms with Crippen LogP contribution in [-0.2, 0) is 17.9 Å². The highest BCUT2D eigenvalue weighted by Crippen LogP contribution is 2.20. The Hall–Kier alpha value is -2.90. The molecule has 4 rings (SSSR count). The number of amides is 1. The van der Waals surface area contributed by atoms with Crippen LogP contribution in [0.25, 0.3) is 11.1 Å². The van der Waals surface area contributed by atoms with E-state index >= 15 is 0 Å². The van der Waals surface area contributed by atoms with Gasteiger partial charge < -0.3 is 13.9 Å². The van der Waals surface area contributed by atoms with E-state index in [1.807, 2.05) is 17.6 Å². The van der Waals surface area contributed by atoms with Gasteiger partial charge in [-0.25, -0.2) is 4.79 Å². The molecule has 3 aromatic rings. The first-order valence-corrected chi connectivity index (χ1v) is 7.84. The number of aryl methyl sites for hydroxylation is 1. The monoisotopic (exact) mass is 327 g/mol. The van der Waals surface area contributed by atoms with E-state index in [1.54, 1.807) is 30.0 Å². The van der Waals surface area contributed by atoms with Crippen LogP contribution in [0.3, 0.4) is 0 Å². The molecule has 0 radical (unpaired) electrons. The van der Waals surface area contributed by atoms with Gasteiger partial charge in [0, 0.05) is 13.1 Å². The van der Waals surface area contributed by atoms with E-state index in [2.05, 4.69) is 10.2 Å². The Kier molecular flexibility index (Phi) is 3.26.